The van der Waals surface area contributed by atoms with Crippen LogP contribution in [0.3, 0.4) is 0 Å². The first kappa shape index (κ1) is 17.5. The summed E-state index contributed by atoms with van der Waals surface area (Å²) in [6.45, 7) is 14.3. The second-order valence-corrected chi connectivity index (χ2v) is 6.55. The minimum Gasteiger partial charge on any atom is -0.481 e. The highest BCUT2D eigenvalue weighted by Crippen LogP contribution is 2.21. The lowest BCUT2D eigenvalue weighted by atomic mass is 9.93. The van der Waals surface area contributed by atoms with E-state index >= 15 is 0 Å². The van der Waals surface area contributed by atoms with Gasteiger partial charge in [-0.2, -0.15) is 0 Å². The molecule has 3 nitrogen and oxygen atoms in total. The fourth-order valence-electron chi connectivity index (χ4n) is 2.46. The van der Waals surface area contributed by atoms with Crippen molar-refractivity contribution in [3.63, 3.8) is 0 Å². The molecule has 1 rings (SSSR count). The quantitative estimate of drug-likeness (QED) is 0.864. The molecule has 0 unspecified atom stereocenters. The molecule has 3 heteroatoms. The molecule has 0 spiro atoms. The molecule has 1 aromatic carbocycles. The molecule has 21 heavy (non-hydrogen) atoms. The Hall–Kier alpha value is -1.51. The van der Waals surface area contributed by atoms with Gasteiger partial charge in [0.05, 0.1) is 0 Å². The number of amides is 1. The summed E-state index contributed by atoms with van der Waals surface area (Å²) in [7, 11) is 0. The summed E-state index contributed by atoms with van der Waals surface area (Å²) < 4.78 is 5.84. The molecule has 0 saturated heterocycles. The van der Waals surface area contributed by atoms with Crippen LogP contribution in [-0.2, 0) is 4.79 Å². The highest BCUT2D eigenvalue weighted by molar-refractivity contribution is 5.81. The van der Waals surface area contributed by atoms with E-state index in [0.717, 1.165) is 16.9 Å². The maximum Gasteiger partial charge on any atom is 0.261 e. The summed E-state index contributed by atoms with van der Waals surface area (Å²) in [5, 5.41) is 3.11. The first-order chi connectivity index (χ1) is 9.72. The van der Waals surface area contributed by atoms with Crippen molar-refractivity contribution in [1.82, 2.24) is 5.32 Å². The number of carbonyl (C=O) groups is 1. The Morgan fingerprint density at radius 2 is 1.62 bits per heavy atom. The predicted molar refractivity (Wildman–Crippen MR) is 87.6 cm³/mol. The average Bonchev–Trinajstić information content (AvgIpc) is 2.38. The van der Waals surface area contributed by atoms with Crippen molar-refractivity contribution in [2.75, 3.05) is 0 Å². The molecule has 0 bridgehead atoms. The summed E-state index contributed by atoms with van der Waals surface area (Å²) in [5.74, 6) is 1.54. The topological polar surface area (TPSA) is 38.3 Å². The van der Waals surface area contributed by atoms with Crippen molar-refractivity contribution in [1.29, 1.82) is 0 Å². The van der Waals surface area contributed by atoms with E-state index in [1.807, 2.05) is 32.0 Å². The number of carbonyl (C=O) groups excluding carboxylic acids is 1. The Balaban J connectivity index is 2.72. The Bertz CT molecular complexity index is 472. The first-order valence-electron chi connectivity index (χ1n) is 7.76. The van der Waals surface area contributed by atoms with E-state index in [-0.39, 0.29) is 11.9 Å². The molecule has 1 amide bonds. The number of hydrogen-bond donors (Lipinski definition) is 1. The number of ether oxygens (including phenoxy) is 1. The SMILES string of the molecule is Cc1ccc(C)c(O[C@H](C)C(=O)NC(C(C)C)C(C)C)c1. The van der Waals surface area contributed by atoms with E-state index in [1.165, 1.54) is 0 Å². The van der Waals surface area contributed by atoms with E-state index < -0.39 is 6.10 Å². The molecule has 0 aliphatic heterocycles. The smallest absolute Gasteiger partial charge is 0.261 e. The number of nitrogens with one attached hydrogen (secondary N) is 1. The largest absolute Gasteiger partial charge is 0.481 e. The van der Waals surface area contributed by atoms with Gasteiger partial charge in [-0.1, -0.05) is 39.8 Å². The molecule has 0 aliphatic rings. The van der Waals surface area contributed by atoms with E-state index in [2.05, 4.69) is 33.0 Å². The van der Waals surface area contributed by atoms with Gasteiger partial charge in [0.2, 0.25) is 0 Å². The van der Waals surface area contributed by atoms with Gasteiger partial charge in [-0.25, -0.2) is 0 Å². The van der Waals surface area contributed by atoms with Crippen LogP contribution in [0.2, 0.25) is 0 Å². The maximum atomic E-state index is 12.3. The third kappa shape index (κ3) is 5.07. The minimum absolute atomic E-state index is 0.0525. The molecule has 1 aromatic rings. The minimum atomic E-state index is -0.495. The van der Waals surface area contributed by atoms with Crippen LogP contribution in [0.4, 0.5) is 0 Å². The maximum absolute atomic E-state index is 12.3. The lowest BCUT2D eigenvalue weighted by molar-refractivity contribution is -0.128. The zero-order valence-corrected chi connectivity index (χ0v) is 14.4. The third-order valence-corrected chi connectivity index (χ3v) is 3.76. The van der Waals surface area contributed by atoms with Gasteiger partial charge >= 0.3 is 0 Å². The first-order valence-corrected chi connectivity index (χ1v) is 7.76. The zero-order valence-electron chi connectivity index (χ0n) is 14.4. The van der Waals surface area contributed by atoms with Gasteiger partial charge in [0.25, 0.3) is 5.91 Å². The van der Waals surface area contributed by atoms with Crippen molar-refractivity contribution >= 4 is 5.91 Å². The summed E-state index contributed by atoms with van der Waals surface area (Å²) in [5.41, 5.74) is 2.18. The normalized spacial score (nSPS) is 12.9. The average molecular weight is 291 g/mol. The fourth-order valence-corrected chi connectivity index (χ4v) is 2.46. The third-order valence-electron chi connectivity index (χ3n) is 3.76. The van der Waals surface area contributed by atoms with Crippen LogP contribution < -0.4 is 10.1 Å². The predicted octanol–water partition coefficient (Wildman–Crippen LogP) is 3.87. The number of hydrogen-bond acceptors (Lipinski definition) is 2. The molecule has 0 fully saturated rings. The molecule has 0 heterocycles. The van der Waals surface area contributed by atoms with E-state index in [4.69, 9.17) is 4.74 Å². The van der Waals surface area contributed by atoms with Crippen molar-refractivity contribution in [2.24, 2.45) is 11.8 Å². The second-order valence-electron chi connectivity index (χ2n) is 6.55. The fraction of sp³-hybridized carbons (Fsp3) is 0.611. The van der Waals surface area contributed by atoms with Gasteiger partial charge in [0, 0.05) is 6.04 Å². The lowest BCUT2D eigenvalue weighted by Crippen LogP contribution is -2.47. The molecule has 0 radical (unpaired) electrons. The van der Waals surface area contributed by atoms with Gasteiger partial charge in [-0.3, -0.25) is 4.79 Å². The van der Waals surface area contributed by atoms with Crippen LogP contribution in [0.1, 0.15) is 45.7 Å². The van der Waals surface area contributed by atoms with Crippen molar-refractivity contribution < 1.29 is 9.53 Å². The molecule has 1 atom stereocenters. The van der Waals surface area contributed by atoms with Gasteiger partial charge in [-0.15, -0.1) is 0 Å². The summed E-state index contributed by atoms with van der Waals surface area (Å²) in [6, 6.07) is 6.20. The molecule has 1 N–H and O–H groups in total. The van der Waals surface area contributed by atoms with E-state index in [1.54, 1.807) is 6.92 Å². The molecule has 0 aromatic heterocycles. The van der Waals surface area contributed by atoms with Crippen LogP contribution in [0.25, 0.3) is 0 Å². The van der Waals surface area contributed by atoms with Crippen molar-refractivity contribution in [3.05, 3.63) is 29.3 Å². The molecule has 0 aliphatic carbocycles. The molecule has 0 saturated carbocycles. The molecular weight excluding hydrogens is 262 g/mol. The number of aryl methyl sites for hydroxylation is 2. The Morgan fingerprint density at radius 1 is 1.05 bits per heavy atom. The standard InChI is InChI=1S/C18H29NO2/c1-11(2)17(12(3)4)19-18(20)15(7)21-16-10-13(5)8-9-14(16)6/h8-12,15,17H,1-7H3,(H,19,20)/t15-/m1/s1. The van der Waals surface area contributed by atoms with Crippen LogP contribution in [0, 0.1) is 25.7 Å². The second kappa shape index (κ2) is 7.48. The Morgan fingerprint density at radius 3 is 2.14 bits per heavy atom. The van der Waals surface area contributed by atoms with Gasteiger partial charge in [0.15, 0.2) is 6.10 Å². The van der Waals surface area contributed by atoms with E-state index in [0.29, 0.717) is 11.8 Å². The van der Waals surface area contributed by atoms with Crippen LogP contribution in [-0.4, -0.2) is 18.1 Å². The van der Waals surface area contributed by atoms with E-state index in [9.17, 15) is 4.79 Å². The number of rotatable bonds is 6. The van der Waals surface area contributed by atoms with Gasteiger partial charge < -0.3 is 10.1 Å². The van der Waals surface area contributed by atoms with Gasteiger partial charge in [0.1, 0.15) is 5.75 Å². The van der Waals surface area contributed by atoms with Crippen LogP contribution >= 0.6 is 0 Å². The van der Waals surface area contributed by atoms with Gasteiger partial charge in [-0.05, 0) is 49.8 Å². The Kier molecular flexibility index (Phi) is 6.25. The summed E-state index contributed by atoms with van der Waals surface area (Å²) in [6.07, 6.45) is -0.495. The lowest BCUT2D eigenvalue weighted by Gasteiger charge is -2.27. The molecular formula is C18H29NO2. The highest BCUT2D eigenvalue weighted by Gasteiger charge is 2.23. The number of benzene rings is 1. The van der Waals surface area contributed by atoms with Crippen molar-refractivity contribution in [3.8, 4) is 5.75 Å². The monoisotopic (exact) mass is 291 g/mol. The summed E-state index contributed by atoms with van der Waals surface area (Å²) in [4.78, 5) is 12.3. The highest BCUT2D eigenvalue weighted by atomic mass is 16.5. The Labute approximate surface area is 129 Å². The molecule has 118 valence electrons. The van der Waals surface area contributed by atoms with Crippen LogP contribution in [0.15, 0.2) is 18.2 Å². The van der Waals surface area contributed by atoms with Crippen molar-refractivity contribution in [2.45, 2.75) is 60.6 Å². The zero-order chi connectivity index (χ0) is 16.2. The van der Waals surface area contributed by atoms with Crippen LogP contribution in [0.5, 0.6) is 5.75 Å². The summed E-state index contributed by atoms with van der Waals surface area (Å²) >= 11 is 0.